The molecule has 164 valence electrons. The number of hydrogen-bond acceptors (Lipinski definition) is 3. The number of hydrogen-bond donors (Lipinski definition) is 2. The molecule has 0 fully saturated rings. The van der Waals surface area contributed by atoms with Crippen LogP contribution in [0.1, 0.15) is 11.1 Å². The molecule has 1 amide bonds. The number of amidine groups is 1. The minimum atomic E-state index is -0.271. The van der Waals surface area contributed by atoms with Crippen LogP contribution < -0.4 is 11.1 Å². The van der Waals surface area contributed by atoms with Gasteiger partial charge in [-0.3, -0.25) is 4.79 Å². The van der Waals surface area contributed by atoms with Crippen molar-refractivity contribution in [1.82, 2.24) is 9.55 Å². The minimum Gasteiger partial charge on any atom is -0.383 e. The number of nitrogens with zero attached hydrogens (tertiary/aromatic N) is 3. The molecule has 3 aromatic carbocycles. The van der Waals surface area contributed by atoms with E-state index >= 15 is 0 Å². The molecule has 7 heteroatoms. The Bertz CT molecular complexity index is 1340. The number of nitrogens with two attached hydrogens (primary N) is 1. The van der Waals surface area contributed by atoms with E-state index in [9.17, 15) is 4.79 Å². The van der Waals surface area contributed by atoms with Gasteiger partial charge in [0, 0.05) is 41.2 Å². The Labute approximate surface area is 197 Å². The third kappa shape index (κ3) is 5.75. The lowest BCUT2D eigenvalue weighted by atomic mass is 10.1. The van der Waals surface area contributed by atoms with Crippen molar-refractivity contribution in [3.63, 3.8) is 0 Å². The summed E-state index contributed by atoms with van der Waals surface area (Å²) >= 11 is 6.12. The Kier molecular flexibility index (Phi) is 6.66. The highest BCUT2D eigenvalue weighted by atomic mass is 35.5. The molecule has 0 atom stereocenters. The van der Waals surface area contributed by atoms with Gasteiger partial charge in [-0.15, -0.1) is 0 Å². The van der Waals surface area contributed by atoms with Crippen LogP contribution in [0.2, 0.25) is 5.02 Å². The maximum atomic E-state index is 12.3. The summed E-state index contributed by atoms with van der Waals surface area (Å²) in [5.74, 6) is 0.0796. The van der Waals surface area contributed by atoms with E-state index in [4.69, 9.17) is 17.3 Å². The summed E-state index contributed by atoms with van der Waals surface area (Å²) in [6, 6.07) is 22.2. The zero-order valence-corrected chi connectivity index (χ0v) is 18.7. The lowest BCUT2D eigenvalue weighted by Gasteiger charge is -2.06. The monoisotopic (exact) mass is 455 g/mol. The first-order chi connectivity index (χ1) is 16.0. The zero-order valence-electron chi connectivity index (χ0n) is 17.9. The largest absolute Gasteiger partial charge is 0.383 e. The summed E-state index contributed by atoms with van der Waals surface area (Å²) in [5.41, 5.74) is 10.9. The number of carbonyl (C=O) groups excluding carboxylic acids is 1. The van der Waals surface area contributed by atoms with Gasteiger partial charge in [-0.25, -0.2) is 9.98 Å². The molecule has 4 aromatic rings. The van der Waals surface area contributed by atoms with Crippen LogP contribution in [0.5, 0.6) is 0 Å². The summed E-state index contributed by atoms with van der Waals surface area (Å²) < 4.78 is 1.90. The molecule has 0 bridgehead atoms. The number of rotatable bonds is 6. The van der Waals surface area contributed by atoms with E-state index in [1.165, 1.54) is 6.08 Å². The molecule has 4 rings (SSSR count). The average molecular weight is 456 g/mol. The molecule has 0 aliphatic carbocycles. The minimum absolute atomic E-state index is 0.271. The molecule has 1 heterocycles. The van der Waals surface area contributed by atoms with Gasteiger partial charge in [0.25, 0.3) is 0 Å². The average Bonchev–Trinajstić information content (AvgIpc) is 3.25. The number of aryl methyl sites for hydroxylation is 1. The first kappa shape index (κ1) is 22.0. The molecule has 1 aromatic heterocycles. The molecule has 0 aliphatic rings. The number of amides is 1. The second-order valence-corrected chi connectivity index (χ2v) is 7.80. The van der Waals surface area contributed by atoms with Crippen LogP contribution in [-0.4, -0.2) is 21.3 Å². The summed E-state index contributed by atoms with van der Waals surface area (Å²) in [4.78, 5) is 21.2. The highest BCUT2D eigenvalue weighted by Crippen LogP contribution is 2.22. The first-order valence-corrected chi connectivity index (χ1v) is 10.6. The van der Waals surface area contributed by atoms with Gasteiger partial charge in [0.05, 0.1) is 17.7 Å². The third-order valence-electron chi connectivity index (χ3n) is 4.86. The van der Waals surface area contributed by atoms with Crippen molar-refractivity contribution in [3.8, 4) is 11.3 Å². The van der Waals surface area contributed by atoms with E-state index in [0.29, 0.717) is 22.1 Å². The lowest BCUT2D eigenvalue weighted by Crippen LogP contribution is -2.14. The van der Waals surface area contributed by atoms with Crippen molar-refractivity contribution >= 4 is 40.8 Å². The van der Waals surface area contributed by atoms with Crippen LogP contribution in [0.4, 0.5) is 11.4 Å². The fourth-order valence-electron chi connectivity index (χ4n) is 3.19. The first-order valence-electron chi connectivity index (χ1n) is 10.2. The van der Waals surface area contributed by atoms with Crippen LogP contribution in [-0.2, 0) is 11.8 Å². The Balaban J connectivity index is 1.45. The summed E-state index contributed by atoms with van der Waals surface area (Å²) in [5, 5.41) is 3.41. The van der Waals surface area contributed by atoms with Gasteiger partial charge in [-0.2, -0.15) is 0 Å². The van der Waals surface area contributed by atoms with Crippen molar-refractivity contribution in [1.29, 1.82) is 0 Å². The van der Waals surface area contributed by atoms with Crippen LogP contribution in [0.3, 0.4) is 0 Å². The summed E-state index contributed by atoms with van der Waals surface area (Å²) in [6.07, 6.45) is 6.83. The van der Waals surface area contributed by atoms with Gasteiger partial charge in [-0.05, 0) is 42.0 Å². The Hall–Kier alpha value is -4.16. The molecule has 6 nitrogen and oxygen atoms in total. The Morgan fingerprint density at radius 2 is 1.88 bits per heavy atom. The van der Waals surface area contributed by atoms with Crippen LogP contribution in [0.15, 0.2) is 96.4 Å². The number of anilines is 1. The van der Waals surface area contributed by atoms with Crippen LogP contribution in [0, 0.1) is 0 Å². The smallest absolute Gasteiger partial charge is 0.248 e. The fourth-order valence-corrected chi connectivity index (χ4v) is 3.39. The van der Waals surface area contributed by atoms with Gasteiger partial charge in [-0.1, -0.05) is 54.1 Å². The lowest BCUT2D eigenvalue weighted by molar-refractivity contribution is -0.111. The Morgan fingerprint density at radius 3 is 2.61 bits per heavy atom. The van der Waals surface area contributed by atoms with Crippen LogP contribution >= 0.6 is 11.6 Å². The second-order valence-electron chi connectivity index (χ2n) is 7.39. The number of halogens is 1. The van der Waals surface area contributed by atoms with E-state index in [1.807, 2.05) is 72.4 Å². The van der Waals surface area contributed by atoms with Crippen molar-refractivity contribution in [2.45, 2.75) is 0 Å². The van der Waals surface area contributed by atoms with Gasteiger partial charge in [0.1, 0.15) is 5.84 Å². The number of aromatic nitrogens is 2. The van der Waals surface area contributed by atoms with Crippen LogP contribution in [0.25, 0.3) is 17.3 Å². The van der Waals surface area contributed by atoms with Gasteiger partial charge < -0.3 is 15.6 Å². The number of aliphatic imine (C=N–C) groups is 1. The van der Waals surface area contributed by atoms with Gasteiger partial charge in [0.2, 0.25) is 5.91 Å². The molecule has 0 unspecified atom stereocenters. The molecule has 0 saturated heterocycles. The number of benzene rings is 3. The predicted molar refractivity (Wildman–Crippen MR) is 135 cm³/mol. The second kappa shape index (κ2) is 9.97. The molecule has 33 heavy (non-hydrogen) atoms. The summed E-state index contributed by atoms with van der Waals surface area (Å²) in [7, 11) is 1.93. The van der Waals surface area contributed by atoms with E-state index in [2.05, 4.69) is 15.3 Å². The standard InChI is InChI=1S/C26H22ClN5O/c1-32-16-24(29-17-32)19-9-12-21(13-10-19)31-26(28)20-6-4-7-22(15-20)30-25(33)14-11-18-5-2-3-8-23(18)27/h2-17H,1H3,(H2,28,31)(H,30,33)/b14-11+. The van der Waals surface area contributed by atoms with Crippen molar-refractivity contribution < 1.29 is 4.79 Å². The number of imidazole rings is 1. The molecule has 0 saturated carbocycles. The molecule has 0 spiro atoms. The van der Waals surface area contributed by atoms with Gasteiger partial charge >= 0.3 is 0 Å². The maximum absolute atomic E-state index is 12.3. The number of nitrogens with one attached hydrogen (secondary N) is 1. The highest BCUT2D eigenvalue weighted by molar-refractivity contribution is 6.32. The molecular formula is C26H22ClN5O. The molecule has 0 radical (unpaired) electrons. The van der Waals surface area contributed by atoms with E-state index in [1.54, 1.807) is 30.6 Å². The predicted octanol–water partition coefficient (Wildman–Crippen LogP) is 5.43. The quantitative estimate of drug-likeness (QED) is 0.231. The van der Waals surface area contributed by atoms with Crippen molar-refractivity contribution in [2.24, 2.45) is 17.8 Å². The molecule has 3 N–H and O–H groups in total. The van der Waals surface area contributed by atoms with E-state index in [-0.39, 0.29) is 5.91 Å². The topological polar surface area (TPSA) is 85.3 Å². The van der Waals surface area contributed by atoms with Crippen molar-refractivity contribution in [2.75, 3.05) is 5.32 Å². The summed E-state index contributed by atoms with van der Waals surface area (Å²) in [6.45, 7) is 0. The molecule has 0 aliphatic heterocycles. The fraction of sp³-hybridized carbons (Fsp3) is 0.0385. The Morgan fingerprint density at radius 1 is 1.09 bits per heavy atom. The highest BCUT2D eigenvalue weighted by Gasteiger charge is 2.05. The third-order valence-corrected chi connectivity index (χ3v) is 5.21. The van der Waals surface area contributed by atoms with E-state index < -0.39 is 0 Å². The van der Waals surface area contributed by atoms with E-state index in [0.717, 1.165) is 22.5 Å². The van der Waals surface area contributed by atoms with Crippen molar-refractivity contribution in [3.05, 3.63) is 108 Å². The SMILES string of the molecule is Cn1cnc(-c2ccc(N=C(N)c3cccc(NC(=O)/C=C/c4ccccc4Cl)c3)cc2)c1. The van der Waals surface area contributed by atoms with Gasteiger partial charge in [0.15, 0.2) is 0 Å². The number of carbonyl (C=O) groups is 1. The normalized spacial score (nSPS) is 11.6. The maximum Gasteiger partial charge on any atom is 0.248 e. The zero-order chi connectivity index (χ0) is 23.2. The molecular weight excluding hydrogens is 434 g/mol.